The van der Waals surface area contributed by atoms with Crippen LogP contribution in [-0.2, 0) is 14.3 Å². The molecular weight excluding hydrogens is 252 g/mol. The van der Waals surface area contributed by atoms with Gasteiger partial charge in [0.2, 0.25) is 0 Å². The summed E-state index contributed by atoms with van der Waals surface area (Å²) in [6.45, 7) is 1.15. The van der Waals surface area contributed by atoms with E-state index in [2.05, 4.69) is 10.6 Å². The second-order valence-electron chi connectivity index (χ2n) is 5.26. The number of hydrogen-bond acceptors (Lipinski definition) is 5. The van der Waals surface area contributed by atoms with E-state index in [1.807, 2.05) is 12.2 Å². The highest BCUT2D eigenvalue weighted by molar-refractivity contribution is 5.79. The molecule has 3 rings (SSSR count). The molecule has 3 aliphatic rings. The van der Waals surface area contributed by atoms with Crippen molar-refractivity contribution < 1.29 is 24.5 Å². The summed E-state index contributed by atoms with van der Waals surface area (Å²) in [5.74, 6) is -2.26. The van der Waals surface area contributed by atoms with Gasteiger partial charge in [-0.15, -0.1) is 0 Å². The smallest absolute Gasteiger partial charge is 0.323 e. The molecule has 2 fully saturated rings. The molecule has 2 saturated heterocycles. The second kappa shape index (κ2) is 4.29. The van der Waals surface area contributed by atoms with Gasteiger partial charge >= 0.3 is 11.9 Å². The summed E-state index contributed by atoms with van der Waals surface area (Å²) in [5, 5.41) is 24.6. The first kappa shape index (κ1) is 12.6. The SMILES string of the molecule is O=C(O)C[C@@]12O[C@H]3C=CCN[C@H]3C1CN[C@H]2C(=O)O. The zero-order chi connectivity index (χ0) is 13.6. The fourth-order valence-corrected chi connectivity index (χ4v) is 3.58. The molecule has 0 amide bonds. The van der Waals surface area contributed by atoms with Crippen molar-refractivity contribution in [1.82, 2.24) is 10.6 Å². The molecule has 104 valence electrons. The van der Waals surface area contributed by atoms with Gasteiger partial charge in [-0.2, -0.15) is 0 Å². The van der Waals surface area contributed by atoms with Gasteiger partial charge in [0.1, 0.15) is 11.6 Å². The molecule has 19 heavy (non-hydrogen) atoms. The fraction of sp³-hybridized carbons (Fsp3) is 0.667. The summed E-state index contributed by atoms with van der Waals surface area (Å²) < 4.78 is 5.89. The highest BCUT2D eigenvalue weighted by atomic mass is 16.5. The van der Waals surface area contributed by atoms with E-state index in [1.165, 1.54) is 0 Å². The maximum atomic E-state index is 11.4. The molecule has 7 heteroatoms. The molecule has 0 aliphatic carbocycles. The average Bonchev–Trinajstić information content (AvgIpc) is 2.80. The zero-order valence-corrected chi connectivity index (χ0v) is 10.2. The van der Waals surface area contributed by atoms with E-state index in [-0.39, 0.29) is 24.5 Å². The Bertz CT molecular complexity index is 451. The Morgan fingerprint density at radius 2 is 2.16 bits per heavy atom. The van der Waals surface area contributed by atoms with Gasteiger partial charge in [0, 0.05) is 25.0 Å². The third-order valence-corrected chi connectivity index (χ3v) is 4.27. The Kier molecular flexibility index (Phi) is 2.84. The topological polar surface area (TPSA) is 108 Å². The number of carbonyl (C=O) groups is 2. The molecule has 0 aromatic heterocycles. The lowest BCUT2D eigenvalue weighted by Crippen LogP contribution is -2.52. The molecule has 3 heterocycles. The number of rotatable bonds is 3. The Hall–Kier alpha value is -1.44. The molecule has 0 aromatic carbocycles. The first-order valence-corrected chi connectivity index (χ1v) is 6.30. The molecule has 3 aliphatic heterocycles. The van der Waals surface area contributed by atoms with Crippen molar-refractivity contribution >= 4 is 11.9 Å². The van der Waals surface area contributed by atoms with Crippen molar-refractivity contribution in [1.29, 1.82) is 0 Å². The monoisotopic (exact) mass is 268 g/mol. The Morgan fingerprint density at radius 1 is 1.37 bits per heavy atom. The highest BCUT2D eigenvalue weighted by Crippen LogP contribution is 2.46. The molecule has 0 bridgehead atoms. The molecular formula is C12H16N2O5. The normalized spacial score (nSPS) is 43.8. The van der Waals surface area contributed by atoms with Gasteiger partial charge in [-0.3, -0.25) is 9.59 Å². The van der Waals surface area contributed by atoms with Gasteiger partial charge in [0.05, 0.1) is 12.5 Å². The maximum absolute atomic E-state index is 11.4. The van der Waals surface area contributed by atoms with Crippen molar-refractivity contribution in [2.45, 2.75) is 30.2 Å². The van der Waals surface area contributed by atoms with Gasteiger partial charge in [-0.1, -0.05) is 12.2 Å². The van der Waals surface area contributed by atoms with E-state index < -0.39 is 23.6 Å². The molecule has 7 nitrogen and oxygen atoms in total. The van der Waals surface area contributed by atoms with Gasteiger partial charge in [-0.05, 0) is 0 Å². The highest BCUT2D eigenvalue weighted by Gasteiger charge is 2.64. The van der Waals surface area contributed by atoms with Crippen LogP contribution in [0.3, 0.4) is 0 Å². The van der Waals surface area contributed by atoms with Crippen LogP contribution in [0.5, 0.6) is 0 Å². The second-order valence-corrected chi connectivity index (χ2v) is 5.26. The van der Waals surface area contributed by atoms with E-state index in [0.29, 0.717) is 13.1 Å². The fourth-order valence-electron chi connectivity index (χ4n) is 3.58. The van der Waals surface area contributed by atoms with Gasteiger partial charge in [0.15, 0.2) is 0 Å². The summed E-state index contributed by atoms with van der Waals surface area (Å²) in [5.41, 5.74) is -1.17. The maximum Gasteiger partial charge on any atom is 0.323 e. The number of carboxylic acid groups (broad SMARTS) is 2. The van der Waals surface area contributed by atoms with Crippen LogP contribution in [0.15, 0.2) is 12.2 Å². The first-order valence-electron chi connectivity index (χ1n) is 6.30. The van der Waals surface area contributed by atoms with Crippen LogP contribution >= 0.6 is 0 Å². The number of fused-ring (bicyclic) bond motifs is 3. The van der Waals surface area contributed by atoms with Crippen molar-refractivity contribution in [3.63, 3.8) is 0 Å². The molecule has 0 aromatic rings. The standard InChI is InChI=1S/C12H16N2O5/c15-8(16)4-12-6(5-14-10(12)11(17)18)9-7(19-12)2-1-3-13-9/h1-2,6-7,9-10,13-14H,3-5H2,(H,15,16)(H,17,18)/t6?,7-,9-,10-,12+/m0/s1. The summed E-state index contributed by atoms with van der Waals surface area (Å²) in [4.78, 5) is 22.5. The van der Waals surface area contributed by atoms with E-state index in [4.69, 9.17) is 9.84 Å². The predicted octanol–water partition coefficient (Wildman–Crippen LogP) is -1.20. The van der Waals surface area contributed by atoms with Crippen LogP contribution in [0.2, 0.25) is 0 Å². The predicted molar refractivity (Wildman–Crippen MR) is 63.7 cm³/mol. The molecule has 0 saturated carbocycles. The Labute approximate surface area is 109 Å². The molecule has 0 spiro atoms. The lowest BCUT2D eigenvalue weighted by atomic mass is 9.79. The molecule has 4 N–H and O–H groups in total. The number of ether oxygens (including phenoxy) is 1. The largest absolute Gasteiger partial charge is 0.481 e. The van der Waals surface area contributed by atoms with Crippen molar-refractivity contribution in [3.05, 3.63) is 12.2 Å². The quantitative estimate of drug-likeness (QED) is 0.476. The van der Waals surface area contributed by atoms with E-state index in [9.17, 15) is 14.7 Å². The minimum absolute atomic E-state index is 0.0267. The van der Waals surface area contributed by atoms with Gasteiger partial charge in [0.25, 0.3) is 0 Å². The average molecular weight is 268 g/mol. The van der Waals surface area contributed by atoms with Crippen LogP contribution in [-0.4, -0.2) is 59.0 Å². The summed E-state index contributed by atoms with van der Waals surface area (Å²) in [6, 6.07) is -1.00. The van der Waals surface area contributed by atoms with Gasteiger partial charge < -0.3 is 25.6 Å². The molecule has 0 radical (unpaired) electrons. The summed E-state index contributed by atoms with van der Waals surface area (Å²) in [6.07, 6.45) is 3.26. The minimum atomic E-state index is -1.17. The summed E-state index contributed by atoms with van der Waals surface area (Å²) >= 11 is 0. The van der Waals surface area contributed by atoms with Crippen LogP contribution in [0.25, 0.3) is 0 Å². The van der Waals surface area contributed by atoms with Crippen molar-refractivity contribution in [2.24, 2.45) is 5.92 Å². The van der Waals surface area contributed by atoms with Crippen LogP contribution < -0.4 is 10.6 Å². The van der Waals surface area contributed by atoms with E-state index >= 15 is 0 Å². The first-order chi connectivity index (χ1) is 9.04. The number of hydrogen-bond donors (Lipinski definition) is 4. The summed E-state index contributed by atoms with van der Waals surface area (Å²) in [7, 11) is 0. The molecule has 5 atom stereocenters. The number of carboxylic acids is 2. The van der Waals surface area contributed by atoms with Crippen LogP contribution in [0, 0.1) is 5.92 Å². The van der Waals surface area contributed by atoms with Crippen molar-refractivity contribution in [3.8, 4) is 0 Å². The van der Waals surface area contributed by atoms with Crippen LogP contribution in [0.4, 0.5) is 0 Å². The third-order valence-electron chi connectivity index (χ3n) is 4.27. The third kappa shape index (κ3) is 1.77. The van der Waals surface area contributed by atoms with E-state index in [0.717, 1.165) is 0 Å². The minimum Gasteiger partial charge on any atom is -0.481 e. The molecule has 1 unspecified atom stereocenters. The Balaban J connectivity index is 1.97. The van der Waals surface area contributed by atoms with Crippen molar-refractivity contribution in [2.75, 3.05) is 13.1 Å². The Morgan fingerprint density at radius 3 is 2.84 bits per heavy atom. The zero-order valence-electron chi connectivity index (χ0n) is 10.2. The van der Waals surface area contributed by atoms with E-state index in [1.54, 1.807) is 0 Å². The number of nitrogens with one attached hydrogen (secondary N) is 2. The van der Waals surface area contributed by atoms with Gasteiger partial charge in [-0.25, -0.2) is 0 Å². The lowest BCUT2D eigenvalue weighted by molar-refractivity contribution is -0.155. The number of aliphatic carboxylic acids is 2. The lowest BCUT2D eigenvalue weighted by Gasteiger charge is -2.30. The van der Waals surface area contributed by atoms with Crippen LogP contribution in [0.1, 0.15) is 6.42 Å².